The van der Waals surface area contributed by atoms with Gasteiger partial charge in [0.2, 0.25) is 0 Å². The number of ether oxygens (including phenoxy) is 1. The van der Waals surface area contributed by atoms with Gasteiger partial charge < -0.3 is 9.72 Å². The summed E-state index contributed by atoms with van der Waals surface area (Å²) in [5.74, 6) is 1.83. The van der Waals surface area contributed by atoms with Crippen molar-refractivity contribution in [3.05, 3.63) is 58.4 Å². The van der Waals surface area contributed by atoms with Gasteiger partial charge in [-0.05, 0) is 49.2 Å². The number of H-pyrrole nitrogens is 1. The van der Waals surface area contributed by atoms with E-state index in [0.717, 1.165) is 28.2 Å². The van der Waals surface area contributed by atoms with Crippen molar-refractivity contribution >= 4 is 11.0 Å². The van der Waals surface area contributed by atoms with Crippen molar-refractivity contribution in [1.82, 2.24) is 9.97 Å². The van der Waals surface area contributed by atoms with Crippen LogP contribution in [-0.2, 0) is 0 Å². The van der Waals surface area contributed by atoms with Gasteiger partial charge in [-0.3, -0.25) is 0 Å². The molecule has 1 heterocycles. The SMILES string of the molecule is COc1cc(C)cc(C)c1C(C)c1nc2ccc(C#N)cc2[nH]1. The molecule has 1 atom stereocenters. The minimum Gasteiger partial charge on any atom is -0.496 e. The summed E-state index contributed by atoms with van der Waals surface area (Å²) in [6.07, 6.45) is 0. The number of nitrogens with zero attached hydrogens (tertiary/aromatic N) is 2. The molecule has 0 saturated carbocycles. The molecule has 0 radical (unpaired) electrons. The molecule has 0 saturated heterocycles. The van der Waals surface area contributed by atoms with Crippen LogP contribution in [0.15, 0.2) is 30.3 Å². The van der Waals surface area contributed by atoms with Crippen molar-refractivity contribution in [2.24, 2.45) is 0 Å². The van der Waals surface area contributed by atoms with Crippen molar-refractivity contribution in [3.63, 3.8) is 0 Å². The lowest BCUT2D eigenvalue weighted by Gasteiger charge is -2.17. The topological polar surface area (TPSA) is 61.7 Å². The van der Waals surface area contributed by atoms with Crippen LogP contribution in [0.25, 0.3) is 11.0 Å². The lowest BCUT2D eigenvalue weighted by Crippen LogP contribution is -2.04. The van der Waals surface area contributed by atoms with E-state index in [2.05, 4.69) is 48.9 Å². The number of methoxy groups -OCH3 is 1. The first kappa shape index (κ1) is 15.1. The molecule has 1 N–H and O–H groups in total. The number of benzene rings is 2. The van der Waals surface area contributed by atoms with E-state index < -0.39 is 0 Å². The summed E-state index contributed by atoms with van der Waals surface area (Å²) in [7, 11) is 1.70. The third-order valence-electron chi connectivity index (χ3n) is 4.19. The average Bonchev–Trinajstić information content (AvgIpc) is 2.96. The van der Waals surface area contributed by atoms with Gasteiger partial charge in [0, 0.05) is 11.5 Å². The van der Waals surface area contributed by atoms with Gasteiger partial charge in [0.1, 0.15) is 11.6 Å². The fourth-order valence-electron chi connectivity index (χ4n) is 3.10. The Balaban J connectivity index is 2.10. The summed E-state index contributed by atoms with van der Waals surface area (Å²) in [6.45, 7) is 6.27. The summed E-state index contributed by atoms with van der Waals surface area (Å²) in [6, 6.07) is 11.9. The van der Waals surface area contributed by atoms with E-state index in [1.165, 1.54) is 11.1 Å². The summed E-state index contributed by atoms with van der Waals surface area (Å²) in [5.41, 5.74) is 5.89. The average molecular weight is 305 g/mol. The van der Waals surface area contributed by atoms with Crippen LogP contribution in [0.2, 0.25) is 0 Å². The van der Waals surface area contributed by atoms with E-state index in [1.54, 1.807) is 13.2 Å². The smallest absolute Gasteiger partial charge is 0.123 e. The second kappa shape index (κ2) is 5.77. The standard InChI is InChI=1S/C19H19N3O/c1-11-7-12(2)18(17(8-11)23-4)13(3)19-21-15-6-5-14(10-20)9-16(15)22-19/h5-9,13H,1-4H3,(H,21,22). The highest BCUT2D eigenvalue weighted by atomic mass is 16.5. The molecule has 0 aliphatic carbocycles. The highest BCUT2D eigenvalue weighted by Crippen LogP contribution is 2.34. The Morgan fingerprint density at radius 3 is 2.70 bits per heavy atom. The van der Waals surface area contributed by atoms with Crippen LogP contribution in [0.1, 0.15) is 40.9 Å². The number of aromatic nitrogens is 2. The molecule has 1 unspecified atom stereocenters. The van der Waals surface area contributed by atoms with Crippen molar-refractivity contribution in [2.45, 2.75) is 26.7 Å². The van der Waals surface area contributed by atoms with Crippen LogP contribution >= 0.6 is 0 Å². The third kappa shape index (κ3) is 2.66. The predicted molar refractivity (Wildman–Crippen MR) is 90.8 cm³/mol. The van der Waals surface area contributed by atoms with Gasteiger partial charge in [-0.15, -0.1) is 0 Å². The first-order valence-corrected chi connectivity index (χ1v) is 7.58. The number of imidazole rings is 1. The number of aryl methyl sites for hydroxylation is 2. The number of aromatic amines is 1. The molecule has 4 nitrogen and oxygen atoms in total. The van der Waals surface area contributed by atoms with Crippen LogP contribution in [-0.4, -0.2) is 17.1 Å². The lowest BCUT2D eigenvalue weighted by molar-refractivity contribution is 0.407. The van der Waals surface area contributed by atoms with Crippen LogP contribution in [0.4, 0.5) is 0 Å². The van der Waals surface area contributed by atoms with Crippen LogP contribution in [0, 0.1) is 25.2 Å². The first-order valence-electron chi connectivity index (χ1n) is 7.58. The molecule has 0 aliphatic rings. The van der Waals surface area contributed by atoms with E-state index in [0.29, 0.717) is 5.56 Å². The second-order valence-corrected chi connectivity index (χ2v) is 5.89. The number of nitriles is 1. The molecule has 3 rings (SSSR count). The maximum absolute atomic E-state index is 9.02. The van der Waals surface area contributed by atoms with Crippen LogP contribution < -0.4 is 4.74 Å². The summed E-state index contributed by atoms with van der Waals surface area (Å²) in [4.78, 5) is 8.03. The monoisotopic (exact) mass is 305 g/mol. The van der Waals surface area contributed by atoms with Crippen molar-refractivity contribution in [2.75, 3.05) is 7.11 Å². The summed E-state index contributed by atoms with van der Waals surface area (Å²) >= 11 is 0. The Morgan fingerprint density at radius 2 is 2.00 bits per heavy atom. The maximum Gasteiger partial charge on any atom is 0.123 e. The van der Waals surface area contributed by atoms with Gasteiger partial charge in [-0.1, -0.05) is 13.0 Å². The zero-order valence-electron chi connectivity index (χ0n) is 13.8. The Bertz CT molecular complexity index is 918. The van der Waals surface area contributed by atoms with E-state index in [-0.39, 0.29) is 5.92 Å². The van der Waals surface area contributed by atoms with E-state index in [1.807, 2.05) is 12.1 Å². The fraction of sp³-hybridized carbons (Fsp3) is 0.263. The predicted octanol–water partition coefficient (Wildman–Crippen LogP) is 4.21. The molecule has 3 aromatic rings. The molecule has 0 bridgehead atoms. The Labute approximate surface area is 135 Å². The molecular weight excluding hydrogens is 286 g/mol. The number of rotatable bonds is 3. The van der Waals surface area contributed by atoms with E-state index in [4.69, 9.17) is 10.00 Å². The van der Waals surface area contributed by atoms with Gasteiger partial charge in [0.25, 0.3) is 0 Å². The Kier molecular flexibility index (Phi) is 3.79. The van der Waals surface area contributed by atoms with E-state index >= 15 is 0 Å². The highest BCUT2D eigenvalue weighted by Gasteiger charge is 2.20. The number of hydrogen-bond acceptors (Lipinski definition) is 3. The van der Waals surface area contributed by atoms with Crippen LogP contribution in [0.5, 0.6) is 5.75 Å². The maximum atomic E-state index is 9.02. The Hall–Kier alpha value is -2.80. The zero-order valence-corrected chi connectivity index (χ0v) is 13.8. The zero-order chi connectivity index (χ0) is 16.6. The van der Waals surface area contributed by atoms with Gasteiger partial charge in [0.15, 0.2) is 0 Å². The molecule has 0 fully saturated rings. The molecule has 116 valence electrons. The van der Waals surface area contributed by atoms with Crippen molar-refractivity contribution in [1.29, 1.82) is 5.26 Å². The van der Waals surface area contributed by atoms with Crippen molar-refractivity contribution in [3.8, 4) is 11.8 Å². The molecule has 0 spiro atoms. The minimum absolute atomic E-state index is 0.0727. The van der Waals surface area contributed by atoms with E-state index in [9.17, 15) is 0 Å². The van der Waals surface area contributed by atoms with Gasteiger partial charge >= 0.3 is 0 Å². The van der Waals surface area contributed by atoms with Gasteiger partial charge in [-0.25, -0.2) is 4.98 Å². The third-order valence-corrected chi connectivity index (χ3v) is 4.19. The van der Waals surface area contributed by atoms with Gasteiger partial charge in [0.05, 0.1) is 29.8 Å². The molecule has 1 aromatic heterocycles. The lowest BCUT2D eigenvalue weighted by atomic mass is 9.93. The molecule has 0 aliphatic heterocycles. The first-order chi connectivity index (χ1) is 11.0. The Morgan fingerprint density at radius 1 is 1.22 bits per heavy atom. The quantitative estimate of drug-likeness (QED) is 0.788. The largest absolute Gasteiger partial charge is 0.496 e. The molecular formula is C19H19N3O. The van der Waals surface area contributed by atoms with Crippen molar-refractivity contribution < 1.29 is 4.74 Å². The fourth-order valence-corrected chi connectivity index (χ4v) is 3.10. The minimum atomic E-state index is 0.0727. The molecule has 4 heteroatoms. The number of hydrogen-bond donors (Lipinski definition) is 1. The van der Waals surface area contributed by atoms with Gasteiger partial charge in [-0.2, -0.15) is 5.26 Å². The summed E-state index contributed by atoms with van der Waals surface area (Å²) in [5, 5.41) is 9.02. The van der Waals surface area contributed by atoms with Crippen LogP contribution in [0.3, 0.4) is 0 Å². The second-order valence-electron chi connectivity index (χ2n) is 5.89. The number of fused-ring (bicyclic) bond motifs is 1. The number of nitrogens with one attached hydrogen (secondary N) is 1. The molecule has 2 aromatic carbocycles. The highest BCUT2D eigenvalue weighted by molar-refractivity contribution is 5.77. The normalized spacial score (nSPS) is 12.1. The summed E-state index contributed by atoms with van der Waals surface area (Å²) < 4.78 is 5.58. The molecule has 0 amide bonds. The molecule has 23 heavy (non-hydrogen) atoms.